The molecular weight excluding hydrogens is 705 g/mol. The molecule has 1 aliphatic carbocycles. The van der Waals surface area contributed by atoms with E-state index in [1.165, 1.54) is 18.2 Å². The van der Waals surface area contributed by atoms with Crippen LogP contribution in [0.2, 0.25) is 0 Å². The fourth-order valence-corrected chi connectivity index (χ4v) is 9.22. The van der Waals surface area contributed by atoms with Crippen molar-refractivity contribution in [3.8, 4) is 22.6 Å². The zero-order valence-corrected chi connectivity index (χ0v) is 30.0. The third-order valence-corrected chi connectivity index (χ3v) is 12.5. The average Bonchev–Trinajstić information content (AvgIpc) is 3.43. The van der Waals surface area contributed by atoms with Crippen LogP contribution in [0.25, 0.3) is 11.1 Å². The van der Waals surface area contributed by atoms with Gasteiger partial charge in [-0.25, -0.2) is 0 Å². The second kappa shape index (κ2) is 16.8. The molecule has 0 saturated carbocycles. The summed E-state index contributed by atoms with van der Waals surface area (Å²) in [6.45, 7) is 1.24. The molecule has 2 unspecified atom stereocenters. The number of nitrogens with two attached hydrogens (primary N) is 2. The minimum absolute atomic E-state index is 0.0792. The van der Waals surface area contributed by atoms with Crippen molar-refractivity contribution in [3.05, 3.63) is 96.1 Å². The van der Waals surface area contributed by atoms with Crippen molar-refractivity contribution in [3.63, 3.8) is 0 Å². The average molecular weight is 745 g/mol. The Hall–Kier alpha value is -3.08. The van der Waals surface area contributed by atoms with Crippen molar-refractivity contribution in [1.29, 1.82) is 0 Å². The molecule has 0 amide bonds. The van der Waals surface area contributed by atoms with Gasteiger partial charge in [0.05, 0.1) is 18.1 Å². The maximum Gasteiger partial charge on any atom is 0.298 e. The summed E-state index contributed by atoms with van der Waals surface area (Å²) in [7, 11) is -9.37. The van der Waals surface area contributed by atoms with Crippen molar-refractivity contribution in [2.45, 2.75) is 62.2 Å². The number of hydrogen-bond donors (Lipinski definition) is 4. The molecule has 5 rings (SSSR count). The topological polar surface area (TPSA) is 179 Å². The molecule has 0 aliphatic heterocycles. The maximum absolute atomic E-state index is 12.9. The van der Waals surface area contributed by atoms with Crippen molar-refractivity contribution in [1.82, 2.24) is 0 Å². The number of hydrogen-bond acceptors (Lipinski definition) is 10. The molecule has 4 aromatic carbocycles. The Balaban J connectivity index is 1.49. The fraction of sp³-hybridized carbons (Fsp3) is 0.314. The van der Waals surface area contributed by atoms with Crippen LogP contribution in [0.4, 0.5) is 0 Å². The van der Waals surface area contributed by atoms with E-state index >= 15 is 0 Å². The summed E-state index contributed by atoms with van der Waals surface area (Å²) in [5, 5.41) is 0.187. The van der Waals surface area contributed by atoms with E-state index in [1.54, 1.807) is 29.6 Å². The van der Waals surface area contributed by atoms with Crippen LogP contribution < -0.4 is 20.9 Å². The van der Waals surface area contributed by atoms with Crippen LogP contribution in [-0.2, 0) is 26.7 Å². The third kappa shape index (κ3) is 9.79. The van der Waals surface area contributed by atoms with Gasteiger partial charge >= 0.3 is 0 Å². The molecule has 1 aliphatic rings. The van der Waals surface area contributed by atoms with Crippen LogP contribution in [0, 0.1) is 0 Å². The van der Waals surface area contributed by atoms with E-state index < -0.39 is 25.1 Å². The highest BCUT2D eigenvalue weighted by molar-refractivity contribution is 8.00. The maximum atomic E-state index is 12.9. The first-order valence-corrected chi connectivity index (χ1v) is 20.5. The lowest BCUT2D eigenvalue weighted by molar-refractivity contribution is 0.253. The second-order valence-electron chi connectivity index (χ2n) is 11.5. The predicted octanol–water partition coefficient (Wildman–Crippen LogP) is 6.31. The Morgan fingerprint density at radius 2 is 1.18 bits per heavy atom. The molecule has 0 radical (unpaired) electrons. The van der Waals surface area contributed by atoms with Gasteiger partial charge in [0.25, 0.3) is 20.2 Å². The molecule has 49 heavy (non-hydrogen) atoms. The monoisotopic (exact) mass is 744 g/mol. The van der Waals surface area contributed by atoms with E-state index in [0.717, 1.165) is 16.2 Å². The van der Waals surface area contributed by atoms with Gasteiger partial charge in [0.2, 0.25) is 0 Å². The first kappa shape index (κ1) is 37.2. The van der Waals surface area contributed by atoms with Crippen LogP contribution in [0.15, 0.2) is 105 Å². The van der Waals surface area contributed by atoms with Crippen LogP contribution >= 0.6 is 23.5 Å². The number of ether oxygens (including phenoxy) is 2. The molecule has 0 fully saturated rings. The van der Waals surface area contributed by atoms with Gasteiger partial charge in [-0.3, -0.25) is 9.11 Å². The summed E-state index contributed by atoms with van der Waals surface area (Å²) in [5.41, 5.74) is 13.9. The van der Waals surface area contributed by atoms with E-state index in [2.05, 4.69) is 0 Å². The zero-order valence-electron chi connectivity index (χ0n) is 26.7. The molecule has 0 aromatic heterocycles. The molecular formula is C35H40N2O8S4. The summed E-state index contributed by atoms with van der Waals surface area (Å²) >= 11 is 3.34. The number of fused-ring (bicyclic) bond motifs is 3. The van der Waals surface area contributed by atoms with Crippen LogP contribution in [0.1, 0.15) is 36.8 Å². The first-order chi connectivity index (χ1) is 23.5. The molecule has 4 aromatic rings. The standard InChI is InChI=1S/C35H40N2O8S4/c36-17-13-27(46-25-7-3-1-4-8-25)15-19-44-34-32-21-24-11-12-29(48(38,39)40)22-30(24)31(32)23-33(49(41,42)43)35(34)45-20-16-28(14-18-37)47-26-9-5-2-6-10-26/h1-12,22-23,27-28H,13-21,36-37H2,(H,38,39,40)(H,41,42,43). The minimum atomic E-state index is -4.84. The van der Waals surface area contributed by atoms with E-state index in [0.29, 0.717) is 61.0 Å². The predicted molar refractivity (Wildman–Crippen MR) is 194 cm³/mol. The molecule has 0 spiro atoms. The zero-order chi connectivity index (χ0) is 35.0. The number of benzene rings is 4. The van der Waals surface area contributed by atoms with Gasteiger partial charge in [-0.1, -0.05) is 42.5 Å². The highest BCUT2D eigenvalue weighted by atomic mass is 32.2. The Morgan fingerprint density at radius 3 is 1.67 bits per heavy atom. The molecule has 0 bridgehead atoms. The molecule has 10 nitrogen and oxygen atoms in total. The molecule has 0 heterocycles. The molecule has 6 N–H and O–H groups in total. The third-order valence-electron chi connectivity index (χ3n) is 8.06. The number of rotatable bonds is 18. The molecule has 2 atom stereocenters. The van der Waals surface area contributed by atoms with E-state index in [1.807, 2.05) is 60.7 Å². The summed E-state index contributed by atoms with van der Waals surface area (Å²) in [6.07, 6.45) is 2.82. The second-order valence-corrected chi connectivity index (χ2v) is 17.1. The lowest BCUT2D eigenvalue weighted by Crippen LogP contribution is -2.17. The lowest BCUT2D eigenvalue weighted by Gasteiger charge is -2.22. The van der Waals surface area contributed by atoms with Crippen molar-refractivity contribution >= 4 is 43.8 Å². The first-order valence-electron chi connectivity index (χ1n) is 15.8. The number of thioether (sulfide) groups is 2. The van der Waals surface area contributed by atoms with Crippen molar-refractivity contribution in [2.75, 3.05) is 26.3 Å². The van der Waals surface area contributed by atoms with Gasteiger partial charge in [-0.2, -0.15) is 16.8 Å². The summed E-state index contributed by atoms with van der Waals surface area (Å²) in [6, 6.07) is 25.2. The highest BCUT2D eigenvalue weighted by Crippen LogP contribution is 2.49. The van der Waals surface area contributed by atoms with E-state index in [-0.39, 0.29) is 40.1 Å². The van der Waals surface area contributed by atoms with Gasteiger partial charge in [-0.15, -0.1) is 23.5 Å². The van der Waals surface area contributed by atoms with Crippen LogP contribution in [0.5, 0.6) is 11.5 Å². The Kier molecular flexibility index (Phi) is 12.7. The normalized spacial score (nSPS) is 13.8. The van der Waals surface area contributed by atoms with Gasteiger partial charge in [0, 0.05) is 32.3 Å². The lowest BCUT2D eigenvalue weighted by atomic mass is 10.0. The van der Waals surface area contributed by atoms with E-state index in [9.17, 15) is 25.9 Å². The van der Waals surface area contributed by atoms with Crippen molar-refractivity contribution < 1.29 is 35.4 Å². The van der Waals surface area contributed by atoms with Gasteiger partial charge in [0.1, 0.15) is 4.90 Å². The largest absolute Gasteiger partial charge is 0.489 e. The van der Waals surface area contributed by atoms with Gasteiger partial charge < -0.3 is 20.9 Å². The summed E-state index contributed by atoms with van der Waals surface area (Å²) in [5.74, 6) is 0.0587. The van der Waals surface area contributed by atoms with E-state index in [4.69, 9.17) is 20.9 Å². The quantitative estimate of drug-likeness (QED) is 0.0582. The van der Waals surface area contributed by atoms with Crippen molar-refractivity contribution in [2.24, 2.45) is 11.5 Å². The Morgan fingerprint density at radius 1 is 0.653 bits per heavy atom. The highest BCUT2D eigenvalue weighted by Gasteiger charge is 2.33. The summed E-state index contributed by atoms with van der Waals surface area (Å²) in [4.78, 5) is 1.34. The molecule has 0 saturated heterocycles. The van der Waals surface area contributed by atoms with Gasteiger partial charge in [-0.05, 0) is 97.9 Å². The van der Waals surface area contributed by atoms with Crippen LogP contribution in [0.3, 0.4) is 0 Å². The fourth-order valence-electron chi connectivity index (χ4n) is 5.73. The van der Waals surface area contributed by atoms with Gasteiger partial charge in [0.15, 0.2) is 11.5 Å². The summed E-state index contributed by atoms with van der Waals surface area (Å²) < 4.78 is 82.6. The smallest absolute Gasteiger partial charge is 0.298 e. The Bertz CT molecular complexity index is 1940. The molecule has 14 heteroatoms. The Labute approximate surface area is 296 Å². The SMILES string of the molecule is NCCC(CCOc1c(S(=O)(=O)O)cc2c(c1OCCC(CCN)Sc1ccccc1)Cc1ccc(S(=O)(=O)O)cc1-2)Sc1ccccc1. The molecule has 262 valence electrons. The minimum Gasteiger partial charge on any atom is -0.489 e. The van der Waals surface area contributed by atoms with Crippen LogP contribution in [-0.4, -0.2) is 62.7 Å².